The number of hydrogen-bond donors (Lipinski definition) is 1. The van der Waals surface area contributed by atoms with E-state index in [0.717, 1.165) is 42.9 Å². The first-order valence-electron chi connectivity index (χ1n) is 11.0. The number of fused-ring (bicyclic) bond motifs is 5. The lowest BCUT2D eigenvalue weighted by molar-refractivity contribution is -0.138. The Hall–Kier alpha value is -0.370. The van der Waals surface area contributed by atoms with Crippen molar-refractivity contribution < 1.29 is 9.90 Å². The van der Waals surface area contributed by atoms with Crippen molar-refractivity contribution >= 4 is 5.78 Å². The van der Waals surface area contributed by atoms with Gasteiger partial charge in [-0.1, -0.05) is 27.7 Å². The molecule has 0 saturated heterocycles. The Labute approximate surface area is 155 Å². The Morgan fingerprint density at radius 1 is 0.880 bits per heavy atom. The van der Waals surface area contributed by atoms with Crippen LogP contribution in [0.5, 0.6) is 0 Å². The molecule has 0 heterocycles. The Kier molecular flexibility index (Phi) is 5.42. The highest BCUT2D eigenvalue weighted by Gasteiger charge is 2.60. The van der Waals surface area contributed by atoms with E-state index >= 15 is 0 Å². The zero-order valence-electron chi connectivity index (χ0n) is 17.2. The van der Waals surface area contributed by atoms with Gasteiger partial charge in [-0.3, -0.25) is 4.79 Å². The van der Waals surface area contributed by atoms with E-state index in [1.54, 1.807) is 0 Å². The lowest BCUT2D eigenvalue weighted by Gasteiger charge is -2.60. The third-order valence-electron chi connectivity index (χ3n) is 9.13. The van der Waals surface area contributed by atoms with E-state index in [0.29, 0.717) is 17.1 Å². The zero-order chi connectivity index (χ0) is 18.4. The quantitative estimate of drug-likeness (QED) is 0.667. The van der Waals surface area contributed by atoms with Gasteiger partial charge in [-0.05, 0) is 99.2 Å². The fraction of sp³-hybridized carbons (Fsp3) is 0.957. The number of aliphatic hydroxyl groups excluding tert-OH is 1. The van der Waals surface area contributed by atoms with Crippen LogP contribution in [0.1, 0.15) is 92.4 Å². The Bertz CT molecular complexity index is 500. The fourth-order valence-corrected chi connectivity index (χ4v) is 7.90. The number of hydrogen-bond acceptors (Lipinski definition) is 2. The molecule has 0 spiro atoms. The summed E-state index contributed by atoms with van der Waals surface area (Å²) < 4.78 is 0. The Morgan fingerprint density at radius 3 is 2.20 bits per heavy atom. The molecule has 0 aromatic carbocycles. The largest absolute Gasteiger partial charge is 0.393 e. The smallest absolute Gasteiger partial charge is 0.133 e. The predicted molar refractivity (Wildman–Crippen MR) is 103 cm³/mol. The summed E-state index contributed by atoms with van der Waals surface area (Å²) in [6.07, 6.45) is 10.9. The van der Waals surface area contributed by atoms with Crippen molar-refractivity contribution in [2.75, 3.05) is 0 Å². The van der Waals surface area contributed by atoms with Gasteiger partial charge in [-0.25, -0.2) is 0 Å². The molecule has 0 amide bonds. The lowest BCUT2D eigenvalue weighted by Crippen LogP contribution is -2.54. The molecule has 2 nitrogen and oxygen atoms in total. The van der Waals surface area contributed by atoms with Crippen LogP contribution < -0.4 is 0 Å². The van der Waals surface area contributed by atoms with Gasteiger partial charge in [-0.2, -0.15) is 0 Å². The molecule has 8 atom stereocenters. The summed E-state index contributed by atoms with van der Waals surface area (Å²) in [5, 5.41) is 10.1. The number of carbonyl (C=O) groups excluding carboxylic acids is 1. The first-order valence-corrected chi connectivity index (χ1v) is 11.0. The third kappa shape index (κ3) is 2.91. The molecule has 4 aliphatic carbocycles. The Balaban J connectivity index is 0.000000880. The molecule has 144 valence electrons. The number of rotatable bonds is 1. The van der Waals surface area contributed by atoms with Gasteiger partial charge >= 0.3 is 0 Å². The van der Waals surface area contributed by atoms with Gasteiger partial charge in [0.05, 0.1) is 6.10 Å². The van der Waals surface area contributed by atoms with Crippen LogP contribution in [0.4, 0.5) is 0 Å². The van der Waals surface area contributed by atoms with E-state index in [4.69, 9.17) is 0 Å². The molecule has 0 bridgehead atoms. The van der Waals surface area contributed by atoms with Gasteiger partial charge in [0.25, 0.3) is 0 Å². The molecule has 8 unspecified atom stereocenters. The monoisotopic (exact) mass is 348 g/mol. The summed E-state index contributed by atoms with van der Waals surface area (Å²) in [5.74, 6) is 3.97. The van der Waals surface area contributed by atoms with Crippen molar-refractivity contribution in [1.29, 1.82) is 0 Å². The van der Waals surface area contributed by atoms with Crippen molar-refractivity contribution in [3.8, 4) is 0 Å². The molecular formula is C23H40O2. The van der Waals surface area contributed by atoms with E-state index in [9.17, 15) is 9.90 Å². The first-order chi connectivity index (χ1) is 11.9. The molecule has 4 saturated carbocycles. The zero-order valence-corrected chi connectivity index (χ0v) is 17.2. The van der Waals surface area contributed by atoms with E-state index in [-0.39, 0.29) is 11.5 Å². The van der Waals surface area contributed by atoms with Crippen molar-refractivity contribution in [2.24, 2.45) is 40.4 Å². The van der Waals surface area contributed by atoms with Crippen molar-refractivity contribution in [2.45, 2.75) is 98.5 Å². The molecule has 0 radical (unpaired) electrons. The van der Waals surface area contributed by atoms with Gasteiger partial charge < -0.3 is 5.11 Å². The summed E-state index contributed by atoms with van der Waals surface area (Å²) in [6.45, 7) is 10.8. The van der Waals surface area contributed by atoms with Crippen LogP contribution in [-0.2, 0) is 4.79 Å². The normalized spacial score (nSPS) is 51.4. The Morgan fingerprint density at radius 2 is 1.52 bits per heavy atom. The summed E-state index contributed by atoms with van der Waals surface area (Å²) >= 11 is 0. The molecule has 2 heteroatoms. The fourth-order valence-electron chi connectivity index (χ4n) is 7.90. The topological polar surface area (TPSA) is 37.3 Å². The third-order valence-corrected chi connectivity index (χ3v) is 9.13. The van der Waals surface area contributed by atoms with E-state index in [2.05, 4.69) is 13.8 Å². The molecule has 4 rings (SSSR count). The average molecular weight is 349 g/mol. The van der Waals surface area contributed by atoms with Crippen LogP contribution in [-0.4, -0.2) is 17.0 Å². The van der Waals surface area contributed by atoms with Gasteiger partial charge in [0.15, 0.2) is 0 Å². The number of aliphatic hydroxyl groups is 1. The standard InChI is InChI=1S/C21H34O2.C2H6/c1-13(22)17-6-7-18-16-5-4-14-12-15(23)8-10-20(14,2)19(16)9-11-21(17,18)3;1-2/h14-19,23H,4-12H2,1-3H3;1-2H3. The van der Waals surface area contributed by atoms with Crippen LogP contribution >= 0.6 is 0 Å². The lowest BCUT2D eigenvalue weighted by atomic mass is 9.44. The second kappa shape index (κ2) is 6.98. The van der Waals surface area contributed by atoms with E-state index in [1.807, 2.05) is 20.8 Å². The maximum atomic E-state index is 12.2. The molecular weight excluding hydrogens is 308 g/mol. The minimum atomic E-state index is -0.0490. The number of Topliss-reactive ketones (excluding diaryl/α,β-unsaturated/α-hetero) is 1. The number of ketones is 1. The maximum Gasteiger partial charge on any atom is 0.133 e. The molecule has 1 N–H and O–H groups in total. The average Bonchev–Trinajstić information content (AvgIpc) is 2.95. The minimum Gasteiger partial charge on any atom is -0.393 e. The van der Waals surface area contributed by atoms with Crippen LogP contribution in [0, 0.1) is 40.4 Å². The molecule has 0 aliphatic heterocycles. The molecule has 4 fully saturated rings. The first kappa shape index (κ1) is 19.4. The van der Waals surface area contributed by atoms with Crippen molar-refractivity contribution in [1.82, 2.24) is 0 Å². The van der Waals surface area contributed by atoms with Crippen molar-refractivity contribution in [3.05, 3.63) is 0 Å². The SMILES string of the molecule is CC.CC(=O)C1CCC2C3CCC4CC(O)CCC4(C)C3CCC12C. The molecule has 4 aliphatic rings. The highest BCUT2D eigenvalue weighted by atomic mass is 16.3. The van der Waals surface area contributed by atoms with Gasteiger partial charge in [-0.15, -0.1) is 0 Å². The van der Waals surface area contributed by atoms with Crippen LogP contribution in [0.2, 0.25) is 0 Å². The maximum absolute atomic E-state index is 12.2. The summed E-state index contributed by atoms with van der Waals surface area (Å²) in [6, 6.07) is 0. The number of carbonyl (C=O) groups is 1. The summed E-state index contributed by atoms with van der Waals surface area (Å²) in [4.78, 5) is 12.2. The minimum absolute atomic E-state index is 0.0490. The van der Waals surface area contributed by atoms with Gasteiger partial charge in [0.2, 0.25) is 0 Å². The molecule has 0 aromatic heterocycles. The molecule has 0 aromatic rings. The highest BCUT2D eigenvalue weighted by Crippen LogP contribution is 2.67. The van der Waals surface area contributed by atoms with Crippen LogP contribution in [0.15, 0.2) is 0 Å². The molecule has 25 heavy (non-hydrogen) atoms. The van der Waals surface area contributed by atoms with E-state index < -0.39 is 0 Å². The second-order valence-corrected chi connectivity index (χ2v) is 9.87. The summed E-state index contributed by atoms with van der Waals surface area (Å²) in [7, 11) is 0. The van der Waals surface area contributed by atoms with Crippen LogP contribution in [0.25, 0.3) is 0 Å². The summed E-state index contributed by atoms with van der Waals surface area (Å²) in [5.41, 5.74) is 0.738. The van der Waals surface area contributed by atoms with Gasteiger partial charge in [0, 0.05) is 5.92 Å². The van der Waals surface area contributed by atoms with Gasteiger partial charge in [0.1, 0.15) is 5.78 Å². The van der Waals surface area contributed by atoms with Crippen LogP contribution in [0.3, 0.4) is 0 Å². The highest BCUT2D eigenvalue weighted by molar-refractivity contribution is 5.79. The van der Waals surface area contributed by atoms with E-state index in [1.165, 1.54) is 38.5 Å². The predicted octanol–water partition coefficient (Wildman–Crippen LogP) is 5.62. The van der Waals surface area contributed by atoms with Crippen molar-refractivity contribution in [3.63, 3.8) is 0 Å². The second-order valence-electron chi connectivity index (χ2n) is 9.87.